The predicted octanol–water partition coefficient (Wildman–Crippen LogP) is -0.792. The molecule has 1 heterocycles. The Morgan fingerprint density at radius 2 is 1.36 bits per heavy atom. The van der Waals surface area contributed by atoms with E-state index in [0.29, 0.717) is 0 Å². The number of nitrogens with one attached hydrogen (secondary N) is 2. The van der Waals surface area contributed by atoms with E-state index >= 15 is 0 Å². The maximum Gasteiger partial charge on any atom is 0.340 e. The van der Waals surface area contributed by atoms with Crippen molar-refractivity contribution in [3.8, 4) is 0 Å². The van der Waals surface area contributed by atoms with Crippen molar-refractivity contribution in [1.82, 2.24) is 10.9 Å². The van der Waals surface area contributed by atoms with Gasteiger partial charge in [0.2, 0.25) is 0 Å². The van der Waals surface area contributed by atoms with Crippen LogP contribution < -0.4 is 10.9 Å². The Morgan fingerprint density at radius 3 is 1.64 bits per heavy atom. The van der Waals surface area contributed by atoms with Crippen LogP contribution in [0.2, 0.25) is 0 Å². The molecule has 6 heteroatoms. The molecule has 0 aromatic carbocycles. The molecule has 0 aromatic rings. The fourth-order valence-electron chi connectivity index (χ4n) is 0.941. The first kappa shape index (κ1) is 10.1. The number of rotatable bonds is 2. The van der Waals surface area contributed by atoms with Crippen molar-refractivity contribution in [2.24, 2.45) is 0 Å². The highest BCUT2D eigenvalue weighted by Crippen LogP contribution is 2.13. The van der Waals surface area contributed by atoms with Gasteiger partial charge in [-0.2, -0.15) is 0 Å². The van der Waals surface area contributed by atoms with Crippen LogP contribution in [0, 0.1) is 0 Å². The molecule has 6 nitrogen and oxygen atoms in total. The normalized spacial score (nSPS) is 14.1. The Labute approximate surface area is 80.5 Å². The van der Waals surface area contributed by atoms with E-state index in [9.17, 15) is 9.59 Å². The van der Waals surface area contributed by atoms with Gasteiger partial charge in [0, 0.05) is 12.4 Å². The standard InChI is InChI=1S/C8H10N2O4/c1-13-7(11)5-3-9-10-4-6(5)8(12)14-2/h3-4,9-10H,1-2H3. The molecule has 0 bridgehead atoms. The fraction of sp³-hybridized carbons (Fsp3) is 0.250. The maximum atomic E-state index is 11.2. The van der Waals surface area contributed by atoms with Crippen LogP contribution >= 0.6 is 0 Å². The number of hydrazine groups is 1. The minimum Gasteiger partial charge on any atom is -0.465 e. The number of hydrogen-bond donors (Lipinski definition) is 2. The summed E-state index contributed by atoms with van der Waals surface area (Å²) in [7, 11) is 2.47. The fourth-order valence-corrected chi connectivity index (χ4v) is 0.941. The Morgan fingerprint density at radius 1 is 1.00 bits per heavy atom. The summed E-state index contributed by atoms with van der Waals surface area (Å²) >= 11 is 0. The second-order valence-electron chi connectivity index (χ2n) is 2.39. The van der Waals surface area contributed by atoms with Crippen LogP contribution in [0.25, 0.3) is 0 Å². The largest absolute Gasteiger partial charge is 0.465 e. The van der Waals surface area contributed by atoms with Crippen molar-refractivity contribution in [3.05, 3.63) is 23.5 Å². The quantitative estimate of drug-likeness (QED) is 0.566. The van der Waals surface area contributed by atoms with Gasteiger partial charge in [-0.3, -0.25) is 0 Å². The average molecular weight is 198 g/mol. The van der Waals surface area contributed by atoms with Crippen molar-refractivity contribution >= 4 is 11.9 Å². The van der Waals surface area contributed by atoms with E-state index < -0.39 is 11.9 Å². The molecule has 1 aliphatic rings. The van der Waals surface area contributed by atoms with Gasteiger partial charge in [-0.25, -0.2) is 9.59 Å². The molecule has 0 fully saturated rings. The van der Waals surface area contributed by atoms with Crippen molar-refractivity contribution in [2.45, 2.75) is 0 Å². The van der Waals surface area contributed by atoms with E-state index in [1.807, 2.05) is 0 Å². The highest BCUT2D eigenvalue weighted by molar-refractivity contribution is 6.07. The summed E-state index contributed by atoms with van der Waals surface area (Å²) in [4.78, 5) is 22.4. The van der Waals surface area contributed by atoms with Gasteiger partial charge in [-0.15, -0.1) is 0 Å². The number of hydrogen-bond acceptors (Lipinski definition) is 6. The van der Waals surface area contributed by atoms with E-state index in [2.05, 4.69) is 20.3 Å². The van der Waals surface area contributed by atoms with Crippen LogP contribution in [0.3, 0.4) is 0 Å². The first-order chi connectivity index (χ1) is 6.70. The third-order valence-corrected chi connectivity index (χ3v) is 1.62. The summed E-state index contributed by atoms with van der Waals surface area (Å²) in [5, 5.41) is 0. The van der Waals surface area contributed by atoms with Crippen LogP contribution in [0.4, 0.5) is 0 Å². The minimum absolute atomic E-state index is 0.123. The summed E-state index contributed by atoms with van der Waals surface area (Å²) in [5.41, 5.74) is 5.37. The zero-order valence-corrected chi connectivity index (χ0v) is 7.79. The summed E-state index contributed by atoms with van der Waals surface area (Å²) in [6.45, 7) is 0. The van der Waals surface area contributed by atoms with Gasteiger partial charge in [0.1, 0.15) is 0 Å². The molecule has 0 radical (unpaired) electrons. The van der Waals surface area contributed by atoms with Crippen LogP contribution in [0.1, 0.15) is 0 Å². The third-order valence-electron chi connectivity index (χ3n) is 1.62. The van der Waals surface area contributed by atoms with Gasteiger partial charge in [-0.05, 0) is 0 Å². The number of carbonyl (C=O) groups excluding carboxylic acids is 2. The molecule has 0 saturated carbocycles. The van der Waals surface area contributed by atoms with Crippen LogP contribution in [0.5, 0.6) is 0 Å². The second kappa shape index (κ2) is 4.31. The molecule has 1 rings (SSSR count). The van der Waals surface area contributed by atoms with Crippen molar-refractivity contribution in [1.29, 1.82) is 0 Å². The van der Waals surface area contributed by atoms with Crippen molar-refractivity contribution in [2.75, 3.05) is 14.2 Å². The topological polar surface area (TPSA) is 76.7 Å². The molecule has 0 aliphatic carbocycles. The molecule has 14 heavy (non-hydrogen) atoms. The number of ether oxygens (including phenoxy) is 2. The van der Waals surface area contributed by atoms with E-state index in [0.717, 1.165) is 0 Å². The average Bonchev–Trinajstić information content (AvgIpc) is 2.27. The molecule has 0 aromatic heterocycles. The minimum atomic E-state index is -0.601. The molecular weight excluding hydrogens is 188 g/mol. The van der Waals surface area contributed by atoms with Gasteiger partial charge in [0.05, 0.1) is 25.4 Å². The first-order valence-corrected chi connectivity index (χ1v) is 3.79. The number of esters is 2. The van der Waals surface area contributed by atoms with Gasteiger partial charge < -0.3 is 20.3 Å². The molecule has 0 spiro atoms. The lowest BCUT2D eigenvalue weighted by atomic mass is 10.1. The Hall–Kier alpha value is -1.98. The SMILES string of the molecule is COC(=O)C1=CNNC=C1C(=O)OC. The number of methoxy groups -OCH3 is 2. The summed E-state index contributed by atoms with van der Waals surface area (Å²) < 4.78 is 8.98. The molecule has 2 N–H and O–H groups in total. The van der Waals surface area contributed by atoms with Crippen molar-refractivity contribution < 1.29 is 19.1 Å². The highest BCUT2D eigenvalue weighted by Gasteiger charge is 2.23. The Balaban J connectivity index is 2.92. The summed E-state index contributed by atoms with van der Waals surface area (Å²) in [5.74, 6) is -1.20. The molecule has 0 saturated heterocycles. The highest BCUT2D eigenvalue weighted by atomic mass is 16.5. The lowest BCUT2D eigenvalue weighted by Gasteiger charge is -2.14. The van der Waals surface area contributed by atoms with Gasteiger partial charge in [0.15, 0.2) is 0 Å². The van der Waals surface area contributed by atoms with Gasteiger partial charge in [-0.1, -0.05) is 0 Å². The Bertz CT molecular complexity index is 287. The van der Waals surface area contributed by atoms with Crippen LogP contribution in [-0.4, -0.2) is 26.2 Å². The molecule has 0 atom stereocenters. The first-order valence-electron chi connectivity index (χ1n) is 3.79. The van der Waals surface area contributed by atoms with Gasteiger partial charge >= 0.3 is 11.9 Å². The molecule has 1 aliphatic heterocycles. The summed E-state index contributed by atoms with van der Waals surface area (Å²) in [6.07, 6.45) is 2.66. The molecule has 0 unspecified atom stereocenters. The Kier molecular flexibility index (Phi) is 3.11. The van der Waals surface area contributed by atoms with Crippen LogP contribution in [-0.2, 0) is 19.1 Å². The van der Waals surface area contributed by atoms with E-state index in [1.54, 1.807) is 0 Å². The zero-order valence-electron chi connectivity index (χ0n) is 7.79. The van der Waals surface area contributed by atoms with E-state index in [4.69, 9.17) is 0 Å². The maximum absolute atomic E-state index is 11.2. The van der Waals surface area contributed by atoms with Crippen LogP contribution in [0.15, 0.2) is 23.5 Å². The van der Waals surface area contributed by atoms with Gasteiger partial charge in [0.25, 0.3) is 0 Å². The lowest BCUT2D eigenvalue weighted by Crippen LogP contribution is -2.30. The predicted molar refractivity (Wildman–Crippen MR) is 46.5 cm³/mol. The molecule has 0 amide bonds. The number of carbonyl (C=O) groups is 2. The monoisotopic (exact) mass is 198 g/mol. The molecular formula is C8H10N2O4. The van der Waals surface area contributed by atoms with Crippen molar-refractivity contribution in [3.63, 3.8) is 0 Å². The molecule has 76 valence electrons. The third kappa shape index (κ3) is 1.85. The van der Waals surface area contributed by atoms with E-state index in [-0.39, 0.29) is 11.1 Å². The smallest absolute Gasteiger partial charge is 0.340 e. The second-order valence-corrected chi connectivity index (χ2v) is 2.39. The lowest BCUT2D eigenvalue weighted by molar-refractivity contribution is -0.139. The summed E-state index contributed by atoms with van der Waals surface area (Å²) in [6, 6.07) is 0. The zero-order chi connectivity index (χ0) is 10.6. The van der Waals surface area contributed by atoms with E-state index in [1.165, 1.54) is 26.6 Å².